The van der Waals surface area contributed by atoms with E-state index in [0.717, 1.165) is 6.42 Å². The van der Waals surface area contributed by atoms with E-state index in [1.165, 1.54) is 19.1 Å². The quantitative estimate of drug-likeness (QED) is 0.288. The van der Waals surface area contributed by atoms with Crippen molar-refractivity contribution in [1.82, 2.24) is 5.16 Å². The third-order valence-corrected chi connectivity index (χ3v) is 5.64. The zero-order valence-electron chi connectivity index (χ0n) is 19.9. The Labute approximate surface area is 202 Å². The summed E-state index contributed by atoms with van der Waals surface area (Å²) in [5.41, 5.74) is 0.690. The van der Waals surface area contributed by atoms with Crippen LogP contribution < -0.4 is 19.1 Å². The lowest BCUT2D eigenvalue weighted by molar-refractivity contribution is -0.132. The molecule has 1 aliphatic heterocycles. The van der Waals surface area contributed by atoms with E-state index in [9.17, 15) is 14.7 Å². The van der Waals surface area contributed by atoms with Crippen LogP contribution >= 0.6 is 0 Å². The van der Waals surface area contributed by atoms with E-state index in [0.29, 0.717) is 40.7 Å². The van der Waals surface area contributed by atoms with E-state index in [1.54, 1.807) is 55.5 Å². The number of anilines is 1. The molecule has 2 heterocycles. The molecule has 1 saturated heterocycles. The number of hydrogen-bond acceptors (Lipinski definition) is 8. The smallest absolute Gasteiger partial charge is 0.301 e. The fourth-order valence-corrected chi connectivity index (χ4v) is 3.97. The van der Waals surface area contributed by atoms with Crippen LogP contribution in [0.2, 0.25) is 0 Å². The number of benzene rings is 2. The summed E-state index contributed by atoms with van der Waals surface area (Å²) in [4.78, 5) is 27.7. The van der Waals surface area contributed by atoms with Gasteiger partial charge in [0.25, 0.3) is 5.78 Å². The lowest BCUT2D eigenvalue weighted by atomic mass is 9.94. The number of aryl methyl sites for hydroxylation is 1. The van der Waals surface area contributed by atoms with Crippen molar-refractivity contribution in [1.29, 1.82) is 0 Å². The normalized spacial score (nSPS) is 17.0. The van der Waals surface area contributed by atoms with E-state index in [2.05, 4.69) is 5.16 Å². The number of aromatic nitrogens is 1. The molecule has 0 radical (unpaired) electrons. The SMILES string of the molecule is CCCOc1ccc(C(O)=C2C(=O)C(=O)N(c3cc(C)on3)[C@@H]2c2cc(OC)ccc2OC)cc1. The molecule has 182 valence electrons. The molecule has 0 unspecified atom stereocenters. The fraction of sp³-hybridized carbons (Fsp3) is 0.269. The van der Waals surface area contributed by atoms with Crippen LogP contribution in [0.15, 0.2) is 58.6 Å². The average molecular weight is 479 g/mol. The highest BCUT2D eigenvalue weighted by molar-refractivity contribution is 6.51. The first-order chi connectivity index (χ1) is 16.9. The predicted octanol–water partition coefficient (Wildman–Crippen LogP) is 4.42. The third-order valence-electron chi connectivity index (χ3n) is 5.64. The molecule has 0 aliphatic carbocycles. The number of rotatable bonds is 8. The van der Waals surface area contributed by atoms with Crippen LogP contribution in [0.25, 0.3) is 5.76 Å². The number of nitrogens with zero attached hydrogens (tertiary/aromatic N) is 2. The predicted molar refractivity (Wildman–Crippen MR) is 128 cm³/mol. The van der Waals surface area contributed by atoms with E-state index < -0.39 is 17.7 Å². The van der Waals surface area contributed by atoms with Crippen LogP contribution in [-0.2, 0) is 9.59 Å². The van der Waals surface area contributed by atoms with Crippen LogP contribution in [-0.4, -0.2) is 42.8 Å². The molecule has 4 rings (SSSR count). The minimum absolute atomic E-state index is 0.107. The van der Waals surface area contributed by atoms with E-state index in [-0.39, 0.29) is 17.2 Å². The summed E-state index contributed by atoms with van der Waals surface area (Å²) in [5.74, 6) is 0.0814. The van der Waals surface area contributed by atoms with Crippen molar-refractivity contribution in [2.75, 3.05) is 25.7 Å². The van der Waals surface area contributed by atoms with Crippen LogP contribution in [0.3, 0.4) is 0 Å². The van der Waals surface area contributed by atoms with Crippen molar-refractivity contribution in [2.45, 2.75) is 26.3 Å². The van der Waals surface area contributed by atoms with Gasteiger partial charge >= 0.3 is 5.91 Å². The van der Waals surface area contributed by atoms with Gasteiger partial charge < -0.3 is 23.8 Å². The second-order valence-corrected chi connectivity index (χ2v) is 7.95. The number of aliphatic hydroxyl groups excluding tert-OH is 1. The number of ether oxygens (including phenoxy) is 3. The Morgan fingerprint density at radius 1 is 1.06 bits per heavy atom. The van der Waals surface area contributed by atoms with Gasteiger partial charge in [-0.05, 0) is 55.8 Å². The third kappa shape index (κ3) is 4.44. The first kappa shape index (κ1) is 23.9. The Kier molecular flexibility index (Phi) is 6.77. The molecule has 9 heteroatoms. The van der Waals surface area contributed by atoms with Gasteiger partial charge in [-0.15, -0.1) is 0 Å². The van der Waals surface area contributed by atoms with Crippen molar-refractivity contribution >= 4 is 23.3 Å². The molecule has 1 aromatic heterocycles. The lowest BCUT2D eigenvalue weighted by Gasteiger charge is -2.24. The number of methoxy groups -OCH3 is 2. The van der Waals surface area contributed by atoms with Crippen molar-refractivity contribution in [2.24, 2.45) is 0 Å². The van der Waals surface area contributed by atoms with Crippen LogP contribution in [0, 0.1) is 6.92 Å². The van der Waals surface area contributed by atoms with E-state index in [1.807, 2.05) is 6.92 Å². The molecule has 1 amide bonds. The van der Waals surface area contributed by atoms with E-state index in [4.69, 9.17) is 18.7 Å². The molecule has 1 N–H and O–H groups in total. The highest BCUT2D eigenvalue weighted by Gasteiger charge is 2.49. The van der Waals surface area contributed by atoms with Crippen molar-refractivity contribution in [3.05, 3.63) is 71.0 Å². The van der Waals surface area contributed by atoms with Crippen LogP contribution in [0.1, 0.15) is 36.3 Å². The van der Waals surface area contributed by atoms with Crippen LogP contribution in [0.4, 0.5) is 5.82 Å². The number of amides is 1. The molecular weight excluding hydrogens is 452 g/mol. The zero-order chi connectivity index (χ0) is 25.1. The molecule has 1 aliphatic rings. The van der Waals surface area contributed by atoms with Gasteiger partial charge in [-0.25, -0.2) is 0 Å². The fourth-order valence-electron chi connectivity index (χ4n) is 3.97. The highest BCUT2D eigenvalue weighted by Crippen LogP contribution is 2.45. The maximum Gasteiger partial charge on any atom is 0.301 e. The average Bonchev–Trinajstić information content (AvgIpc) is 3.42. The molecule has 3 aromatic rings. The van der Waals surface area contributed by atoms with Crippen molar-refractivity contribution in [3.8, 4) is 17.2 Å². The second-order valence-electron chi connectivity index (χ2n) is 7.95. The Morgan fingerprint density at radius 2 is 1.77 bits per heavy atom. The zero-order valence-corrected chi connectivity index (χ0v) is 19.9. The molecule has 35 heavy (non-hydrogen) atoms. The van der Waals surface area contributed by atoms with Gasteiger partial charge in [-0.1, -0.05) is 12.1 Å². The maximum absolute atomic E-state index is 13.3. The van der Waals surface area contributed by atoms with Gasteiger partial charge in [0.2, 0.25) is 0 Å². The van der Waals surface area contributed by atoms with Crippen molar-refractivity contribution in [3.63, 3.8) is 0 Å². The molecule has 1 fully saturated rings. The number of Topliss-reactive ketones (excluding diaryl/α,β-unsaturated/α-hetero) is 1. The summed E-state index contributed by atoms with van der Waals surface area (Å²) in [7, 11) is 2.98. The summed E-state index contributed by atoms with van der Waals surface area (Å²) in [6.45, 7) is 4.24. The number of carbonyl (C=O) groups excluding carboxylic acids is 2. The number of aliphatic hydroxyl groups is 1. The van der Waals surface area contributed by atoms with Gasteiger partial charge in [0.15, 0.2) is 5.82 Å². The Morgan fingerprint density at radius 3 is 2.37 bits per heavy atom. The van der Waals surface area contributed by atoms with Crippen molar-refractivity contribution < 1.29 is 33.4 Å². The molecule has 1 atom stereocenters. The summed E-state index contributed by atoms with van der Waals surface area (Å²) in [6, 6.07) is 12.2. The summed E-state index contributed by atoms with van der Waals surface area (Å²) < 4.78 is 21.7. The molecule has 0 saturated carbocycles. The minimum Gasteiger partial charge on any atom is -0.507 e. The molecular formula is C26H26N2O7. The minimum atomic E-state index is -1.04. The number of carbonyl (C=O) groups is 2. The lowest BCUT2D eigenvalue weighted by Crippen LogP contribution is -2.30. The number of hydrogen-bond donors (Lipinski definition) is 1. The molecule has 0 spiro atoms. The highest BCUT2D eigenvalue weighted by atomic mass is 16.5. The Balaban J connectivity index is 1.91. The summed E-state index contributed by atoms with van der Waals surface area (Å²) in [6.07, 6.45) is 0.856. The molecule has 9 nitrogen and oxygen atoms in total. The van der Waals surface area contributed by atoms with Gasteiger partial charge in [0, 0.05) is 17.2 Å². The Bertz CT molecular complexity index is 1280. The standard InChI is InChI=1S/C26H26N2O7/c1-5-12-34-17-8-6-16(7-9-17)24(29)22-23(19-14-18(32-3)10-11-20(19)33-4)28(26(31)25(22)30)21-13-15(2)35-27-21/h6-11,13-14,23,29H,5,12H2,1-4H3/t23-/m1/s1. The van der Waals surface area contributed by atoms with Gasteiger partial charge in [0.05, 0.1) is 26.4 Å². The maximum atomic E-state index is 13.3. The summed E-state index contributed by atoms with van der Waals surface area (Å²) in [5, 5.41) is 15.2. The van der Waals surface area contributed by atoms with Gasteiger partial charge in [0.1, 0.15) is 34.8 Å². The first-order valence-electron chi connectivity index (χ1n) is 11.1. The summed E-state index contributed by atoms with van der Waals surface area (Å²) >= 11 is 0. The van der Waals surface area contributed by atoms with Gasteiger partial charge in [-0.3, -0.25) is 14.5 Å². The second kappa shape index (κ2) is 9.92. The molecule has 2 aromatic carbocycles. The number of ketones is 1. The first-order valence-corrected chi connectivity index (χ1v) is 11.1. The van der Waals surface area contributed by atoms with Crippen LogP contribution in [0.5, 0.6) is 17.2 Å². The molecule has 0 bridgehead atoms. The topological polar surface area (TPSA) is 111 Å². The Hall–Kier alpha value is -4.27. The largest absolute Gasteiger partial charge is 0.507 e. The van der Waals surface area contributed by atoms with E-state index >= 15 is 0 Å². The monoisotopic (exact) mass is 478 g/mol. The van der Waals surface area contributed by atoms with Gasteiger partial charge in [-0.2, -0.15) is 0 Å².